The third-order valence-corrected chi connectivity index (χ3v) is 4.97. The first-order valence-corrected chi connectivity index (χ1v) is 9.34. The van der Waals surface area contributed by atoms with Gasteiger partial charge in [-0.05, 0) is 23.8 Å². The number of alkyl halides is 3. The summed E-state index contributed by atoms with van der Waals surface area (Å²) in [5, 5.41) is 3.28. The number of hydrogen-bond acceptors (Lipinski definition) is 3. The van der Waals surface area contributed by atoms with Crippen molar-refractivity contribution in [2.24, 2.45) is 0 Å². The number of anilines is 1. The second kappa shape index (κ2) is 8.94. The van der Waals surface area contributed by atoms with Gasteiger partial charge in [0.25, 0.3) is 0 Å². The van der Waals surface area contributed by atoms with Crippen LogP contribution in [0.2, 0.25) is 5.02 Å². The number of piperazine rings is 1. The minimum Gasteiger partial charge on any atom is -0.324 e. The number of nitrogens with one attached hydrogen (secondary N) is 1. The van der Waals surface area contributed by atoms with Crippen LogP contribution in [0.5, 0.6) is 0 Å². The Kier molecular flexibility index (Phi) is 6.59. The molecule has 1 aliphatic rings. The van der Waals surface area contributed by atoms with E-state index < -0.39 is 11.7 Å². The van der Waals surface area contributed by atoms with Crippen LogP contribution >= 0.6 is 11.6 Å². The number of benzene rings is 2. The van der Waals surface area contributed by atoms with Crippen LogP contribution in [0.1, 0.15) is 11.1 Å². The van der Waals surface area contributed by atoms with Crippen LogP contribution < -0.4 is 5.32 Å². The van der Waals surface area contributed by atoms with Gasteiger partial charge in [-0.1, -0.05) is 41.9 Å². The number of nitrogens with zero attached hydrogens (tertiary/aromatic N) is 2. The molecule has 0 saturated carbocycles. The Morgan fingerprint density at radius 3 is 2.36 bits per heavy atom. The van der Waals surface area contributed by atoms with Crippen LogP contribution in [0.25, 0.3) is 0 Å². The van der Waals surface area contributed by atoms with E-state index in [0.29, 0.717) is 49.0 Å². The van der Waals surface area contributed by atoms with Crippen LogP contribution in [0.15, 0.2) is 48.5 Å². The first-order chi connectivity index (χ1) is 13.3. The Hall–Kier alpha value is -2.09. The lowest BCUT2D eigenvalue weighted by molar-refractivity contribution is -0.137. The van der Waals surface area contributed by atoms with Gasteiger partial charge in [0.1, 0.15) is 0 Å². The summed E-state index contributed by atoms with van der Waals surface area (Å²) in [6.07, 6.45) is -4.33. The fourth-order valence-electron chi connectivity index (χ4n) is 3.17. The Labute approximate surface area is 166 Å². The molecule has 1 fully saturated rings. The van der Waals surface area contributed by atoms with Gasteiger partial charge < -0.3 is 5.32 Å². The summed E-state index contributed by atoms with van der Waals surface area (Å²) in [6, 6.07) is 12.5. The molecule has 0 aliphatic carbocycles. The first-order valence-electron chi connectivity index (χ1n) is 8.96. The van der Waals surface area contributed by atoms with Crippen LogP contribution in [-0.4, -0.2) is 48.4 Å². The molecule has 3 rings (SSSR count). The minimum atomic E-state index is -4.33. The number of rotatable bonds is 5. The summed E-state index contributed by atoms with van der Waals surface area (Å²) >= 11 is 6.04. The van der Waals surface area contributed by atoms with Crippen LogP contribution in [0.3, 0.4) is 0 Å². The fraction of sp³-hybridized carbons (Fsp3) is 0.350. The van der Waals surface area contributed by atoms with Crippen LogP contribution in [-0.2, 0) is 17.5 Å². The lowest BCUT2D eigenvalue weighted by Crippen LogP contribution is -2.48. The highest BCUT2D eigenvalue weighted by Crippen LogP contribution is 2.29. The van der Waals surface area contributed by atoms with Crippen molar-refractivity contribution in [2.45, 2.75) is 12.7 Å². The van der Waals surface area contributed by atoms with Crippen molar-refractivity contribution in [1.82, 2.24) is 9.80 Å². The zero-order valence-corrected chi connectivity index (χ0v) is 15.9. The quantitative estimate of drug-likeness (QED) is 0.804. The number of para-hydroxylation sites is 1. The van der Waals surface area contributed by atoms with Crippen molar-refractivity contribution >= 4 is 23.2 Å². The molecule has 28 heavy (non-hydrogen) atoms. The van der Waals surface area contributed by atoms with E-state index in [1.807, 2.05) is 4.90 Å². The second-order valence-corrected chi connectivity index (χ2v) is 7.19. The van der Waals surface area contributed by atoms with Gasteiger partial charge in [-0.2, -0.15) is 13.2 Å². The van der Waals surface area contributed by atoms with E-state index in [4.69, 9.17) is 11.6 Å². The van der Waals surface area contributed by atoms with Crippen molar-refractivity contribution < 1.29 is 18.0 Å². The molecular weight excluding hydrogens is 391 g/mol. The summed E-state index contributed by atoms with van der Waals surface area (Å²) in [5.74, 6) is -0.139. The zero-order chi connectivity index (χ0) is 20.1. The van der Waals surface area contributed by atoms with E-state index in [2.05, 4.69) is 10.2 Å². The van der Waals surface area contributed by atoms with Gasteiger partial charge in [0.15, 0.2) is 0 Å². The van der Waals surface area contributed by atoms with E-state index in [0.717, 1.165) is 6.07 Å². The standard InChI is InChI=1S/C20H21ClF3N3O/c21-17-6-1-2-7-18(17)25-19(28)14-27-10-8-26(9-11-27)13-15-4-3-5-16(12-15)20(22,23)24/h1-7,12H,8-11,13-14H2,(H,25,28). The monoisotopic (exact) mass is 411 g/mol. The lowest BCUT2D eigenvalue weighted by Gasteiger charge is -2.34. The molecule has 0 spiro atoms. The van der Waals surface area contributed by atoms with Gasteiger partial charge in [0, 0.05) is 32.7 Å². The molecule has 1 heterocycles. The molecular formula is C20H21ClF3N3O. The molecule has 1 saturated heterocycles. The van der Waals surface area contributed by atoms with Crippen molar-refractivity contribution in [3.63, 3.8) is 0 Å². The number of halogens is 4. The van der Waals surface area contributed by atoms with E-state index in [-0.39, 0.29) is 12.5 Å². The van der Waals surface area contributed by atoms with Crippen molar-refractivity contribution in [3.05, 3.63) is 64.7 Å². The molecule has 150 valence electrons. The molecule has 1 amide bonds. The highest BCUT2D eigenvalue weighted by molar-refractivity contribution is 6.33. The topological polar surface area (TPSA) is 35.6 Å². The Morgan fingerprint density at radius 2 is 1.68 bits per heavy atom. The average molecular weight is 412 g/mol. The second-order valence-electron chi connectivity index (χ2n) is 6.78. The van der Waals surface area contributed by atoms with Crippen molar-refractivity contribution in [3.8, 4) is 0 Å². The van der Waals surface area contributed by atoms with Crippen molar-refractivity contribution in [1.29, 1.82) is 0 Å². The zero-order valence-electron chi connectivity index (χ0n) is 15.2. The fourth-order valence-corrected chi connectivity index (χ4v) is 3.35. The molecule has 4 nitrogen and oxygen atoms in total. The van der Waals surface area contributed by atoms with Gasteiger partial charge in [0.05, 0.1) is 22.8 Å². The van der Waals surface area contributed by atoms with E-state index in [1.54, 1.807) is 30.3 Å². The molecule has 2 aromatic carbocycles. The summed E-state index contributed by atoms with van der Waals surface area (Å²) in [7, 11) is 0. The summed E-state index contributed by atoms with van der Waals surface area (Å²) in [6.45, 7) is 3.45. The van der Waals surface area contributed by atoms with E-state index in [1.165, 1.54) is 12.1 Å². The highest BCUT2D eigenvalue weighted by Gasteiger charge is 2.30. The van der Waals surface area contributed by atoms with E-state index >= 15 is 0 Å². The Bertz CT molecular complexity index is 820. The number of carbonyl (C=O) groups excluding carboxylic acids is 1. The predicted octanol–water partition coefficient (Wildman–Crippen LogP) is 4.12. The molecule has 0 atom stereocenters. The summed E-state index contributed by atoms with van der Waals surface area (Å²) in [4.78, 5) is 16.3. The highest BCUT2D eigenvalue weighted by atomic mass is 35.5. The normalized spacial score (nSPS) is 16.1. The summed E-state index contributed by atoms with van der Waals surface area (Å²) < 4.78 is 38.5. The molecule has 0 radical (unpaired) electrons. The van der Waals surface area contributed by atoms with Gasteiger partial charge >= 0.3 is 6.18 Å². The Balaban J connectivity index is 1.47. The van der Waals surface area contributed by atoms with E-state index in [9.17, 15) is 18.0 Å². The summed E-state index contributed by atoms with van der Waals surface area (Å²) in [5.41, 5.74) is 0.594. The van der Waals surface area contributed by atoms with Gasteiger partial charge in [-0.15, -0.1) is 0 Å². The average Bonchev–Trinajstić information content (AvgIpc) is 2.65. The third-order valence-electron chi connectivity index (χ3n) is 4.64. The van der Waals surface area contributed by atoms with Gasteiger partial charge in [0.2, 0.25) is 5.91 Å². The number of hydrogen-bond donors (Lipinski definition) is 1. The maximum atomic E-state index is 12.8. The van der Waals surface area contributed by atoms with Gasteiger partial charge in [-0.3, -0.25) is 14.6 Å². The predicted molar refractivity (Wildman–Crippen MR) is 103 cm³/mol. The molecule has 8 heteroatoms. The third kappa shape index (κ3) is 5.70. The molecule has 0 bridgehead atoms. The molecule has 1 aliphatic heterocycles. The van der Waals surface area contributed by atoms with Crippen LogP contribution in [0.4, 0.5) is 18.9 Å². The molecule has 1 N–H and O–H groups in total. The number of amides is 1. The SMILES string of the molecule is O=C(CN1CCN(Cc2cccc(C(F)(F)F)c2)CC1)Nc1ccccc1Cl. The maximum absolute atomic E-state index is 12.8. The molecule has 0 unspecified atom stereocenters. The van der Waals surface area contributed by atoms with Gasteiger partial charge in [-0.25, -0.2) is 0 Å². The maximum Gasteiger partial charge on any atom is 0.416 e. The van der Waals surface area contributed by atoms with Crippen molar-refractivity contribution in [2.75, 3.05) is 38.0 Å². The first kappa shape index (κ1) is 20.6. The smallest absolute Gasteiger partial charge is 0.324 e. The number of carbonyl (C=O) groups is 1. The Morgan fingerprint density at radius 1 is 1.00 bits per heavy atom. The molecule has 0 aromatic heterocycles. The minimum absolute atomic E-state index is 0.139. The molecule has 2 aromatic rings. The largest absolute Gasteiger partial charge is 0.416 e. The lowest BCUT2D eigenvalue weighted by atomic mass is 10.1. The van der Waals surface area contributed by atoms with Crippen LogP contribution in [0, 0.1) is 0 Å².